The van der Waals surface area contributed by atoms with Gasteiger partial charge in [0.25, 0.3) is 10.0 Å². The van der Waals surface area contributed by atoms with Crippen molar-refractivity contribution in [3.05, 3.63) is 34.9 Å². The average molecular weight is 633 g/mol. The van der Waals surface area contributed by atoms with Gasteiger partial charge in [-0.1, -0.05) is 19.6 Å². The van der Waals surface area contributed by atoms with Crippen LogP contribution in [0.5, 0.6) is 0 Å². The van der Waals surface area contributed by atoms with Crippen LogP contribution in [0.2, 0.25) is 25.7 Å². The zero-order valence-electron chi connectivity index (χ0n) is 22.3. The Hall–Kier alpha value is -1.54. The number of hydrogen-bond acceptors (Lipinski definition) is 8. The molecule has 2 atom stereocenters. The van der Waals surface area contributed by atoms with E-state index < -0.39 is 33.4 Å². The molecule has 0 bridgehead atoms. The van der Waals surface area contributed by atoms with Crippen LogP contribution in [0.3, 0.4) is 0 Å². The molecule has 9 nitrogen and oxygen atoms in total. The first-order chi connectivity index (χ1) is 17.0. The maximum atomic E-state index is 13.9. The van der Waals surface area contributed by atoms with Crippen LogP contribution in [0.15, 0.2) is 43.6 Å². The number of nitrogens with one attached hydrogen (secondary N) is 2. The SMILES string of the molecule is C[C@@H](Nc1nc(Nc2ccc(S(=O)(CC3CC3)=NS(=O)(=O)CC[Si](C)(C)C)cc2)ncc1Br)C(C)(C)O. The molecule has 0 saturated heterocycles. The Morgan fingerprint density at radius 1 is 1.19 bits per heavy atom. The van der Waals surface area contributed by atoms with Crippen LogP contribution in [0.1, 0.15) is 33.6 Å². The van der Waals surface area contributed by atoms with Crippen molar-refractivity contribution in [3.63, 3.8) is 0 Å². The van der Waals surface area contributed by atoms with E-state index in [1.807, 2.05) is 6.92 Å². The average Bonchev–Trinajstić information content (AvgIpc) is 3.57. The highest BCUT2D eigenvalue weighted by Gasteiger charge is 2.30. The lowest BCUT2D eigenvalue weighted by molar-refractivity contribution is 0.0647. The number of nitrogens with zero attached hydrogens (tertiary/aromatic N) is 3. The minimum Gasteiger partial charge on any atom is -0.388 e. The highest BCUT2D eigenvalue weighted by Crippen LogP contribution is 2.34. The first kappa shape index (κ1) is 30.0. The van der Waals surface area contributed by atoms with Crippen LogP contribution >= 0.6 is 15.9 Å². The Labute approximate surface area is 230 Å². The van der Waals surface area contributed by atoms with Gasteiger partial charge in [0.05, 0.1) is 31.6 Å². The maximum absolute atomic E-state index is 13.9. The predicted molar refractivity (Wildman–Crippen MR) is 157 cm³/mol. The fraction of sp³-hybridized carbons (Fsp3) is 0.583. The van der Waals surface area contributed by atoms with Crippen molar-refractivity contribution in [1.29, 1.82) is 0 Å². The Bertz CT molecular complexity index is 1330. The summed E-state index contributed by atoms with van der Waals surface area (Å²) in [5.41, 5.74) is -0.295. The Morgan fingerprint density at radius 2 is 1.81 bits per heavy atom. The molecular formula is C24H38BrN5O4S2Si. The molecule has 0 aliphatic heterocycles. The highest BCUT2D eigenvalue weighted by atomic mass is 79.9. The second-order valence-corrected chi connectivity index (χ2v) is 22.2. The number of aliphatic hydroxyl groups is 1. The molecule has 206 valence electrons. The topological polar surface area (TPSA) is 134 Å². The third-order valence-corrected chi connectivity index (χ3v) is 13.4. The van der Waals surface area contributed by atoms with E-state index in [1.54, 1.807) is 44.3 Å². The number of hydrogen-bond donors (Lipinski definition) is 3. The van der Waals surface area contributed by atoms with E-state index in [9.17, 15) is 17.7 Å². The van der Waals surface area contributed by atoms with Gasteiger partial charge >= 0.3 is 0 Å². The molecule has 1 fully saturated rings. The lowest BCUT2D eigenvalue weighted by atomic mass is 10.0. The molecule has 0 radical (unpaired) electrons. The van der Waals surface area contributed by atoms with Gasteiger partial charge in [0.2, 0.25) is 5.95 Å². The normalized spacial score (nSPS) is 17.1. The molecule has 3 N–H and O–H groups in total. The number of rotatable bonds is 12. The summed E-state index contributed by atoms with van der Waals surface area (Å²) in [4.78, 5) is 9.19. The van der Waals surface area contributed by atoms with Gasteiger partial charge in [-0.3, -0.25) is 0 Å². The first-order valence-electron chi connectivity index (χ1n) is 12.3. The van der Waals surface area contributed by atoms with Crippen LogP contribution < -0.4 is 10.6 Å². The Kier molecular flexibility index (Phi) is 9.15. The molecule has 0 spiro atoms. The lowest BCUT2D eigenvalue weighted by Crippen LogP contribution is -2.39. The van der Waals surface area contributed by atoms with Crippen molar-refractivity contribution in [3.8, 4) is 0 Å². The summed E-state index contributed by atoms with van der Waals surface area (Å²) in [6, 6.07) is 7.10. The number of anilines is 3. The van der Waals surface area contributed by atoms with Gasteiger partial charge in [0, 0.05) is 30.6 Å². The lowest BCUT2D eigenvalue weighted by Gasteiger charge is -2.27. The largest absolute Gasteiger partial charge is 0.388 e. The van der Waals surface area contributed by atoms with Gasteiger partial charge in [-0.25, -0.2) is 17.6 Å². The van der Waals surface area contributed by atoms with E-state index >= 15 is 0 Å². The molecule has 1 saturated carbocycles. The van der Waals surface area contributed by atoms with Gasteiger partial charge in [-0.2, -0.15) is 4.98 Å². The van der Waals surface area contributed by atoms with Gasteiger partial charge in [-0.05, 0) is 85.8 Å². The zero-order chi connectivity index (χ0) is 27.6. The summed E-state index contributed by atoms with van der Waals surface area (Å²) >= 11 is 3.43. The molecule has 1 aromatic carbocycles. The predicted octanol–water partition coefficient (Wildman–Crippen LogP) is 5.46. The monoisotopic (exact) mass is 631 g/mol. The Balaban J connectivity index is 1.83. The fourth-order valence-corrected chi connectivity index (χ4v) is 11.1. The quantitative estimate of drug-likeness (QED) is 0.263. The highest BCUT2D eigenvalue weighted by molar-refractivity contribution is 9.10. The van der Waals surface area contributed by atoms with Crippen molar-refractivity contribution in [2.45, 2.75) is 75.8 Å². The van der Waals surface area contributed by atoms with E-state index in [2.05, 4.69) is 59.9 Å². The summed E-state index contributed by atoms with van der Waals surface area (Å²) in [5.74, 6) is 1.30. The maximum Gasteiger partial charge on any atom is 0.260 e. The second-order valence-electron chi connectivity index (χ2n) is 11.5. The molecule has 1 unspecified atom stereocenters. The molecule has 3 rings (SSSR count). The molecule has 37 heavy (non-hydrogen) atoms. The van der Waals surface area contributed by atoms with Crippen LogP contribution in [0, 0.1) is 5.92 Å². The van der Waals surface area contributed by atoms with Crippen molar-refractivity contribution < 1.29 is 17.7 Å². The van der Waals surface area contributed by atoms with E-state index in [4.69, 9.17) is 0 Å². The third-order valence-electron chi connectivity index (χ3n) is 6.14. The molecule has 2 aromatic rings. The molecule has 1 aliphatic rings. The third kappa shape index (κ3) is 9.31. The van der Waals surface area contributed by atoms with Crippen molar-refractivity contribution in [2.24, 2.45) is 9.69 Å². The molecule has 0 amide bonds. The van der Waals surface area contributed by atoms with Gasteiger partial charge in [0.15, 0.2) is 0 Å². The van der Waals surface area contributed by atoms with Crippen LogP contribution in [0.4, 0.5) is 17.5 Å². The van der Waals surface area contributed by atoms with Crippen LogP contribution in [-0.4, -0.2) is 58.9 Å². The standard InChI is InChI=1S/C24H38BrN5O4S2Si/c1-17(24(2,3)31)27-22-21(25)15-26-23(29-22)28-19-9-11-20(12-10-19)35(32,16-18-7-8-18)30-36(33,34)13-14-37(4,5)6/h9-12,15,17-18,31H,7-8,13-14,16H2,1-6H3,(H2,26,27,28,29)/t17-,35?/m1/s1. The summed E-state index contributed by atoms with van der Waals surface area (Å²) in [7, 11) is -8.50. The number of sulfonamides is 1. The minimum absolute atomic E-state index is 0.0621. The zero-order valence-corrected chi connectivity index (χ0v) is 26.5. The van der Waals surface area contributed by atoms with Gasteiger partial charge in [0.1, 0.15) is 5.82 Å². The summed E-state index contributed by atoms with van der Waals surface area (Å²) in [6.07, 6.45) is 3.50. The number of benzene rings is 1. The molecule has 1 heterocycles. The van der Waals surface area contributed by atoms with E-state index in [0.29, 0.717) is 32.9 Å². The second kappa shape index (κ2) is 11.3. The molecular weight excluding hydrogens is 594 g/mol. The Morgan fingerprint density at radius 3 is 2.35 bits per heavy atom. The summed E-state index contributed by atoms with van der Waals surface area (Å²) < 4.78 is 44.2. The van der Waals surface area contributed by atoms with Crippen LogP contribution in [-0.2, 0) is 19.8 Å². The van der Waals surface area contributed by atoms with Gasteiger partial charge < -0.3 is 15.7 Å². The fourth-order valence-electron chi connectivity index (χ4n) is 3.22. The van der Waals surface area contributed by atoms with E-state index in [0.717, 1.165) is 12.8 Å². The summed E-state index contributed by atoms with van der Waals surface area (Å²) in [6.45, 7) is 11.6. The number of halogens is 1. The summed E-state index contributed by atoms with van der Waals surface area (Å²) in [5, 5.41) is 16.5. The minimum atomic E-state index is -3.81. The van der Waals surface area contributed by atoms with Crippen LogP contribution in [0.25, 0.3) is 0 Å². The molecule has 13 heteroatoms. The van der Waals surface area contributed by atoms with Gasteiger partial charge in [-0.15, -0.1) is 3.77 Å². The first-order valence-corrected chi connectivity index (χ1v) is 20.1. The number of aromatic nitrogens is 2. The molecule has 1 aliphatic carbocycles. The van der Waals surface area contributed by atoms with Crippen molar-refractivity contribution >= 4 is 61.2 Å². The van der Waals surface area contributed by atoms with E-state index in [1.165, 1.54) is 0 Å². The van der Waals surface area contributed by atoms with Crippen molar-refractivity contribution in [1.82, 2.24) is 9.97 Å². The smallest absolute Gasteiger partial charge is 0.260 e. The van der Waals surface area contributed by atoms with Crippen molar-refractivity contribution in [2.75, 3.05) is 22.1 Å². The molecule has 1 aromatic heterocycles. The van der Waals surface area contributed by atoms with E-state index in [-0.39, 0.29) is 23.5 Å².